The molecular weight excluding hydrogens is 463 g/mol. The highest BCUT2D eigenvalue weighted by atomic mass is 35.5. The molecule has 1 fully saturated rings. The van der Waals surface area contributed by atoms with Crippen molar-refractivity contribution in [2.75, 3.05) is 12.8 Å². The maximum atomic E-state index is 12.8. The van der Waals surface area contributed by atoms with Gasteiger partial charge in [0.1, 0.15) is 15.0 Å². The van der Waals surface area contributed by atoms with E-state index in [0.717, 1.165) is 11.1 Å². The molecule has 1 aliphatic carbocycles. The fourth-order valence-electron chi connectivity index (χ4n) is 3.90. The summed E-state index contributed by atoms with van der Waals surface area (Å²) in [7, 11) is -3.14. The number of hydrogen-bond acceptors (Lipinski definition) is 6. The van der Waals surface area contributed by atoms with E-state index in [1.807, 2.05) is 13.8 Å². The Kier molecular flexibility index (Phi) is 7.00. The third kappa shape index (κ3) is 5.22. The molecule has 0 spiro atoms. The predicted molar refractivity (Wildman–Crippen MR) is 120 cm³/mol. The van der Waals surface area contributed by atoms with Crippen molar-refractivity contribution in [1.29, 1.82) is 0 Å². The van der Waals surface area contributed by atoms with E-state index in [1.165, 1.54) is 6.26 Å². The molecule has 31 heavy (non-hydrogen) atoms. The molecule has 2 aromatic heterocycles. The van der Waals surface area contributed by atoms with E-state index >= 15 is 0 Å². The van der Waals surface area contributed by atoms with E-state index in [9.17, 15) is 18.3 Å². The molecule has 2 N–H and O–H groups in total. The number of carbonyl (C=O) groups excluding carboxylic acids is 1. The normalized spacial score (nSPS) is 21.8. The van der Waals surface area contributed by atoms with Crippen LogP contribution in [0.5, 0.6) is 0 Å². The molecule has 0 saturated heterocycles. The number of aryl methyl sites for hydroxylation is 2. The van der Waals surface area contributed by atoms with E-state index < -0.39 is 26.6 Å². The van der Waals surface area contributed by atoms with Crippen LogP contribution in [0, 0.1) is 6.92 Å². The quantitative estimate of drug-likeness (QED) is 0.603. The van der Waals surface area contributed by atoms with Crippen molar-refractivity contribution in [3.05, 3.63) is 33.7 Å². The number of pyridine rings is 1. The second-order valence-electron chi connectivity index (χ2n) is 8.08. The van der Waals surface area contributed by atoms with E-state index in [4.69, 9.17) is 23.2 Å². The van der Waals surface area contributed by atoms with Crippen LogP contribution in [0.2, 0.25) is 10.2 Å². The average molecular weight is 489 g/mol. The van der Waals surface area contributed by atoms with Crippen LogP contribution in [0.25, 0.3) is 11.3 Å². The largest absolute Gasteiger partial charge is 0.388 e. The Balaban J connectivity index is 1.76. The van der Waals surface area contributed by atoms with E-state index in [2.05, 4.69) is 15.4 Å². The van der Waals surface area contributed by atoms with Gasteiger partial charge < -0.3 is 10.4 Å². The van der Waals surface area contributed by atoms with Gasteiger partial charge in [-0.2, -0.15) is 5.10 Å². The zero-order chi connectivity index (χ0) is 23.0. The summed E-state index contributed by atoms with van der Waals surface area (Å²) in [6, 6.07) is 1.71. The number of nitrogens with one attached hydrogen (secondary N) is 1. The summed E-state index contributed by atoms with van der Waals surface area (Å²) in [5, 5.41) is 17.9. The molecule has 0 aromatic carbocycles. The van der Waals surface area contributed by atoms with E-state index in [0.29, 0.717) is 43.1 Å². The van der Waals surface area contributed by atoms with Gasteiger partial charge >= 0.3 is 0 Å². The molecule has 0 radical (unpaired) electrons. The molecule has 3 rings (SSSR count). The van der Waals surface area contributed by atoms with Gasteiger partial charge in [-0.1, -0.05) is 23.2 Å². The number of sulfone groups is 1. The Bertz CT molecular complexity index is 1090. The van der Waals surface area contributed by atoms with Crippen LogP contribution in [0.4, 0.5) is 0 Å². The van der Waals surface area contributed by atoms with Crippen molar-refractivity contribution >= 4 is 38.9 Å². The lowest BCUT2D eigenvalue weighted by molar-refractivity contribution is 0.00606. The standard InChI is InChI=1S/C20H26Cl2N4O4S/c1-4-26-18(14-10-23-15(21)9-12(14)2)16(22)17(25-26)19(27)24-11-20(28)7-5-13(6-8-20)31(3,29)30/h9-10,13,28H,4-8,11H2,1-3H3,(H,24,27)/t13-,20+. The summed E-state index contributed by atoms with van der Waals surface area (Å²) in [6.07, 6.45) is 4.13. The summed E-state index contributed by atoms with van der Waals surface area (Å²) in [4.78, 5) is 16.9. The average Bonchev–Trinajstić information content (AvgIpc) is 3.02. The maximum Gasteiger partial charge on any atom is 0.273 e. The van der Waals surface area contributed by atoms with Gasteiger partial charge in [0, 0.05) is 31.1 Å². The van der Waals surface area contributed by atoms with Crippen LogP contribution in [0.1, 0.15) is 48.7 Å². The molecule has 1 amide bonds. The number of carbonyl (C=O) groups is 1. The van der Waals surface area contributed by atoms with Crippen molar-refractivity contribution in [2.24, 2.45) is 0 Å². The second kappa shape index (κ2) is 9.05. The molecule has 1 saturated carbocycles. The predicted octanol–water partition coefficient (Wildman–Crippen LogP) is 3.03. The first kappa shape index (κ1) is 24.0. The van der Waals surface area contributed by atoms with Crippen molar-refractivity contribution in [1.82, 2.24) is 20.1 Å². The molecular formula is C20H26Cl2N4O4S. The number of amides is 1. The lowest BCUT2D eigenvalue weighted by Crippen LogP contribution is -2.47. The maximum absolute atomic E-state index is 12.8. The topological polar surface area (TPSA) is 114 Å². The Labute approximate surface area is 191 Å². The summed E-state index contributed by atoms with van der Waals surface area (Å²) in [6.45, 7) is 4.24. The third-order valence-corrected chi connectivity index (χ3v) is 8.04. The molecule has 1 aliphatic rings. The van der Waals surface area contributed by atoms with E-state index in [-0.39, 0.29) is 17.3 Å². The third-order valence-electron chi connectivity index (χ3n) is 5.79. The van der Waals surface area contributed by atoms with Gasteiger partial charge in [0.25, 0.3) is 5.91 Å². The van der Waals surface area contributed by atoms with Crippen molar-refractivity contribution in [3.63, 3.8) is 0 Å². The van der Waals surface area contributed by atoms with Crippen LogP contribution in [0.3, 0.4) is 0 Å². The summed E-state index contributed by atoms with van der Waals surface area (Å²) >= 11 is 12.5. The number of nitrogens with zero attached hydrogens (tertiary/aromatic N) is 3. The molecule has 0 atom stereocenters. The highest BCUT2D eigenvalue weighted by molar-refractivity contribution is 7.91. The Morgan fingerprint density at radius 1 is 1.35 bits per heavy atom. The summed E-state index contributed by atoms with van der Waals surface area (Å²) in [5.41, 5.74) is 1.04. The molecule has 0 unspecified atom stereocenters. The smallest absolute Gasteiger partial charge is 0.273 e. The van der Waals surface area contributed by atoms with Gasteiger partial charge in [0.15, 0.2) is 5.69 Å². The number of aromatic nitrogens is 3. The molecule has 2 heterocycles. The summed E-state index contributed by atoms with van der Waals surface area (Å²) in [5.74, 6) is -0.503. The van der Waals surface area contributed by atoms with Crippen molar-refractivity contribution in [3.8, 4) is 11.3 Å². The molecule has 8 nitrogen and oxygen atoms in total. The SMILES string of the molecule is CCn1nc(C(=O)NC[C@]2(O)CC[C@@H](S(C)(=O)=O)CC2)c(Cl)c1-c1cnc(Cl)cc1C. The Morgan fingerprint density at radius 2 is 2.00 bits per heavy atom. The molecule has 11 heteroatoms. The molecule has 0 aliphatic heterocycles. The number of rotatable bonds is 6. The minimum Gasteiger partial charge on any atom is -0.388 e. The molecule has 2 aromatic rings. The van der Waals surface area contributed by atoms with Gasteiger partial charge in [0.2, 0.25) is 0 Å². The minimum atomic E-state index is -3.14. The van der Waals surface area contributed by atoms with Gasteiger partial charge in [-0.25, -0.2) is 13.4 Å². The number of halogens is 2. The molecule has 170 valence electrons. The first-order valence-electron chi connectivity index (χ1n) is 10.0. The molecule has 0 bridgehead atoms. The summed E-state index contributed by atoms with van der Waals surface area (Å²) < 4.78 is 25.1. The van der Waals surface area contributed by atoms with Crippen LogP contribution in [0.15, 0.2) is 12.3 Å². The number of hydrogen-bond donors (Lipinski definition) is 2. The Morgan fingerprint density at radius 3 is 2.55 bits per heavy atom. The van der Waals surface area contributed by atoms with Crippen LogP contribution in [-0.2, 0) is 16.4 Å². The monoisotopic (exact) mass is 488 g/mol. The minimum absolute atomic E-state index is 0.00547. The van der Waals surface area contributed by atoms with Crippen molar-refractivity contribution in [2.45, 2.75) is 56.9 Å². The van der Waals surface area contributed by atoms with Gasteiger partial charge in [-0.3, -0.25) is 9.48 Å². The Hall–Kier alpha value is -1.68. The lowest BCUT2D eigenvalue weighted by Gasteiger charge is -2.35. The van der Waals surface area contributed by atoms with Gasteiger partial charge in [-0.15, -0.1) is 0 Å². The highest BCUT2D eigenvalue weighted by Gasteiger charge is 2.37. The highest BCUT2D eigenvalue weighted by Crippen LogP contribution is 2.34. The van der Waals surface area contributed by atoms with Crippen LogP contribution >= 0.6 is 23.2 Å². The van der Waals surface area contributed by atoms with Gasteiger partial charge in [-0.05, 0) is 51.2 Å². The van der Waals surface area contributed by atoms with Gasteiger partial charge in [0.05, 0.1) is 21.6 Å². The zero-order valence-corrected chi connectivity index (χ0v) is 20.0. The van der Waals surface area contributed by atoms with E-state index in [1.54, 1.807) is 16.9 Å². The first-order chi connectivity index (χ1) is 14.4. The van der Waals surface area contributed by atoms with Crippen LogP contribution < -0.4 is 5.32 Å². The fraction of sp³-hybridized carbons (Fsp3) is 0.550. The van der Waals surface area contributed by atoms with Crippen molar-refractivity contribution < 1.29 is 18.3 Å². The second-order valence-corrected chi connectivity index (χ2v) is 11.2. The zero-order valence-electron chi connectivity index (χ0n) is 17.7. The van der Waals surface area contributed by atoms with Crippen LogP contribution in [-0.4, -0.2) is 57.8 Å². The lowest BCUT2D eigenvalue weighted by atomic mass is 9.84. The number of aliphatic hydroxyl groups is 1. The first-order valence-corrected chi connectivity index (χ1v) is 12.7. The fourth-order valence-corrected chi connectivity index (χ4v) is 5.53.